The SMILES string of the molecule is CCc1ccc(C(Br)c2ccc3[nH]c(=O)c(=O)[nH]c3c2)o1. The van der Waals surface area contributed by atoms with Crippen LogP contribution in [-0.2, 0) is 6.42 Å². The summed E-state index contributed by atoms with van der Waals surface area (Å²) in [6.07, 6.45) is 0.839. The number of aromatic nitrogens is 2. The zero-order valence-electron chi connectivity index (χ0n) is 11.3. The van der Waals surface area contributed by atoms with Gasteiger partial charge < -0.3 is 14.4 Å². The minimum absolute atomic E-state index is 0.113. The second-order valence-electron chi connectivity index (χ2n) is 4.73. The summed E-state index contributed by atoms with van der Waals surface area (Å²) in [5.74, 6) is 1.73. The highest BCUT2D eigenvalue weighted by Gasteiger charge is 2.15. The van der Waals surface area contributed by atoms with E-state index >= 15 is 0 Å². The largest absolute Gasteiger partial charge is 0.465 e. The van der Waals surface area contributed by atoms with Crippen LogP contribution in [-0.4, -0.2) is 9.97 Å². The summed E-state index contributed by atoms with van der Waals surface area (Å²) in [5.41, 5.74) is 0.809. The lowest BCUT2D eigenvalue weighted by molar-refractivity contribution is 0.477. The third-order valence-electron chi connectivity index (χ3n) is 3.32. The Kier molecular flexibility index (Phi) is 3.55. The molecular formula is C15H13BrN2O3. The van der Waals surface area contributed by atoms with E-state index in [-0.39, 0.29) is 4.83 Å². The van der Waals surface area contributed by atoms with Gasteiger partial charge in [-0.05, 0) is 29.8 Å². The van der Waals surface area contributed by atoms with Crippen LogP contribution in [0.15, 0.2) is 44.3 Å². The summed E-state index contributed by atoms with van der Waals surface area (Å²) in [5, 5.41) is 0. The summed E-state index contributed by atoms with van der Waals surface area (Å²) in [7, 11) is 0. The van der Waals surface area contributed by atoms with E-state index in [1.807, 2.05) is 31.2 Å². The second-order valence-corrected chi connectivity index (χ2v) is 5.65. The lowest BCUT2D eigenvalue weighted by atomic mass is 10.1. The molecule has 0 saturated carbocycles. The fourth-order valence-corrected chi connectivity index (χ4v) is 2.71. The van der Waals surface area contributed by atoms with Crippen LogP contribution < -0.4 is 11.1 Å². The predicted octanol–water partition coefficient (Wildman–Crippen LogP) is 2.86. The van der Waals surface area contributed by atoms with E-state index in [0.29, 0.717) is 11.0 Å². The molecule has 1 atom stereocenters. The summed E-state index contributed by atoms with van der Waals surface area (Å²) in [6.45, 7) is 2.03. The molecule has 0 aliphatic heterocycles. The monoisotopic (exact) mass is 348 g/mol. The highest BCUT2D eigenvalue weighted by molar-refractivity contribution is 9.09. The van der Waals surface area contributed by atoms with Crippen molar-refractivity contribution >= 4 is 27.0 Å². The van der Waals surface area contributed by atoms with Crippen LogP contribution in [0.1, 0.15) is 28.8 Å². The van der Waals surface area contributed by atoms with E-state index in [1.54, 1.807) is 6.07 Å². The van der Waals surface area contributed by atoms with Gasteiger partial charge >= 0.3 is 11.1 Å². The summed E-state index contributed by atoms with van der Waals surface area (Å²) < 4.78 is 5.73. The number of H-pyrrole nitrogens is 2. The van der Waals surface area contributed by atoms with E-state index in [1.165, 1.54) is 0 Å². The minimum Gasteiger partial charge on any atom is -0.465 e. The van der Waals surface area contributed by atoms with Crippen molar-refractivity contribution in [2.24, 2.45) is 0 Å². The van der Waals surface area contributed by atoms with E-state index in [0.717, 1.165) is 23.5 Å². The van der Waals surface area contributed by atoms with Gasteiger partial charge in [0.1, 0.15) is 11.5 Å². The molecule has 5 nitrogen and oxygen atoms in total. The van der Waals surface area contributed by atoms with Crippen LogP contribution >= 0.6 is 15.9 Å². The Balaban J connectivity index is 2.05. The van der Waals surface area contributed by atoms with Crippen LogP contribution in [0.3, 0.4) is 0 Å². The van der Waals surface area contributed by atoms with Crippen molar-refractivity contribution in [2.75, 3.05) is 0 Å². The molecular weight excluding hydrogens is 336 g/mol. The number of nitrogens with one attached hydrogen (secondary N) is 2. The van der Waals surface area contributed by atoms with Crippen LogP contribution in [0.2, 0.25) is 0 Å². The molecule has 1 aromatic carbocycles. The fraction of sp³-hybridized carbons (Fsp3) is 0.200. The molecule has 0 radical (unpaired) electrons. The Morgan fingerprint density at radius 2 is 1.81 bits per heavy atom. The maximum Gasteiger partial charge on any atom is 0.314 e. The Morgan fingerprint density at radius 3 is 2.48 bits per heavy atom. The van der Waals surface area contributed by atoms with Crippen LogP contribution in [0.5, 0.6) is 0 Å². The van der Waals surface area contributed by atoms with Gasteiger partial charge in [-0.3, -0.25) is 9.59 Å². The second kappa shape index (κ2) is 5.37. The molecule has 0 aliphatic carbocycles. The van der Waals surface area contributed by atoms with Crippen molar-refractivity contribution in [1.29, 1.82) is 0 Å². The quantitative estimate of drug-likeness (QED) is 0.564. The predicted molar refractivity (Wildman–Crippen MR) is 84.0 cm³/mol. The average Bonchev–Trinajstić information content (AvgIpc) is 2.96. The molecule has 0 fully saturated rings. The zero-order chi connectivity index (χ0) is 15.0. The molecule has 6 heteroatoms. The van der Waals surface area contributed by atoms with Crippen LogP contribution in [0.25, 0.3) is 11.0 Å². The number of benzene rings is 1. The smallest absolute Gasteiger partial charge is 0.314 e. The number of halogens is 1. The van der Waals surface area contributed by atoms with Gasteiger partial charge in [-0.25, -0.2) is 0 Å². The summed E-state index contributed by atoms with van der Waals surface area (Å²) >= 11 is 3.60. The average molecular weight is 349 g/mol. The van der Waals surface area contributed by atoms with Gasteiger partial charge in [0.15, 0.2) is 0 Å². The molecule has 0 spiro atoms. The molecule has 3 rings (SSSR count). The highest BCUT2D eigenvalue weighted by atomic mass is 79.9. The number of alkyl halides is 1. The maximum absolute atomic E-state index is 11.4. The van der Waals surface area contributed by atoms with Crippen molar-refractivity contribution in [3.05, 3.63) is 68.1 Å². The molecule has 108 valence electrons. The Bertz CT molecular complexity index is 907. The van der Waals surface area contributed by atoms with Crippen molar-refractivity contribution in [3.8, 4) is 0 Å². The maximum atomic E-state index is 11.4. The van der Waals surface area contributed by atoms with Gasteiger partial charge in [-0.2, -0.15) is 0 Å². The first kappa shape index (κ1) is 13.9. The molecule has 0 aliphatic rings. The van der Waals surface area contributed by atoms with E-state index in [9.17, 15) is 9.59 Å². The molecule has 3 aromatic rings. The van der Waals surface area contributed by atoms with Crippen LogP contribution in [0, 0.1) is 0 Å². The number of hydrogen-bond donors (Lipinski definition) is 2. The van der Waals surface area contributed by atoms with Gasteiger partial charge in [0.05, 0.1) is 15.9 Å². The number of aromatic amines is 2. The van der Waals surface area contributed by atoms with Crippen molar-refractivity contribution in [2.45, 2.75) is 18.2 Å². The molecule has 0 bridgehead atoms. The zero-order valence-corrected chi connectivity index (χ0v) is 12.9. The third-order valence-corrected chi connectivity index (χ3v) is 4.30. The lowest BCUT2D eigenvalue weighted by Gasteiger charge is -2.08. The van der Waals surface area contributed by atoms with Crippen molar-refractivity contribution in [1.82, 2.24) is 9.97 Å². The van der Waals surface area contributed by atoms with Crippen molar-refractivity contribution < 1.29 is 4.42 Å². The van der Waals surface area contributed by atoms with Gasteiger partial charge in [0, 0.05) is 6.42 Å². The van der Waals surface area contributed by atoms with Crippen molar-refractivity contribution in [3.63, 3.8) is 0 Å². The van der Waals surface area contributed by atoms with Crippen LogP contribution in [0.4, 0.5) is 0 Å². The Hall–Kier alpha value is -2.08. The Labute approximate surface area is 128 Å². The molecule has 21 heavy (non-hydrogen) atoms. The molecule has 1 unspecified atom stereocenters. The molecule has 2 aromatic heterocycles. The first-order valence-corrected chi connectivity index (χ1v) is 7.49. The number of hydrogen-bond acceptors (Lipinski definition) is 3. The van der Waals surface area contributed by atoms with E-state index in [2.05, 4.69) is 25.9 Å². The fourth-order valence-electron chi connectivity index (χ4n) is 2.18. The Morgan fingerprint density at radius 1 is 1.10 bits per heavy atom. The third kappa shape index (κ3) is 2.58. The number of rotatable bonds is 3. The lowest BCUT2D eigenvalue weighted by Crippen LogP contribution is -2.28. The molecule has 2 N–H and O–H groups in total. The summed E-state index contributed by atoms with van der Waals surface area (Å²) in [6, 6.07) is 9.34. The number of furan rings is 1. The first-order valence-electron chi connectivity index (χ1n) is 6.57. The summed E-state index contributed by atoms with van der Waals surface area (Å²) in [4.78, 5) is 27.7. The topological polar surface area (TPSA) is 78.9 Å². The van der Waals surface area contributed by atoms with Gasteiger partial charge in [0.2, 0.25) is 0 Å². The molecule has 0 amide bonds. The minimum atomic E-state index is -0.656. The van der Waals surface area contributed by atoms with E-state index in [4.69, 9.17) is 4.42 Å². The number of aryl methyl sites for hydroxylation is 1. The van der Waals surface area contributed by atoms with Gasteiger partial charge in [0.25, 0.3) is 0 Å². The van der Waals surface area contributed by atoms with Gasteiger partial charge in [-0.15, -0.1) is 0 Å². The van der Waals surface area contributed by atoms with Gasteiger partial charge in [-0.1, -0.05) is 28.9 Å². The number of fused-ring (bicyclic) bond motifs is 1. The standard InChI is InChI=1S/C15H13BrN2O3/c1-2-9-4-6-12(21-9)13(16)8-3-5-10-11(7-8)18-15(20)14(19)17-10/h3-7,13H,2H2,1H3,(H,17,19)(H,18,20). The molecule has 0 saturated heterocycles. The van der Waals surface area contributed by atoms with E-state index < -0.39 is 11.1 Å². The first-order chi connectivity index (χ1) is 10.1. The normalized spacial score (nSPS) is 12.7. The highest BCUT2D eigenvalue weighted by Crippen LogP contribution is 2.32. The molecule has 2 heterocycles.